The Morgan fingerprint density at radius 3 is 0.771 bits per heavy atom. The molecule has 0 saturated carbocycles. The molecule has 0 spiro atoms. The Hall–Kier alpha value is -13.0. The van der Waals surface area contributed by atoms with E-state index in [1.165, 1.54) is 221 Å². The van der Waals surface area contributed by atoms with Gasteiger partial charge in [-0.05, 0) is 291 Å². The van der Waals surface area contributed by atoms with Crippen molar-refractivity contribution in [3.8, 4) is 66.8 Å². The molecule has 0 amide bonds. The van der Waals surface area contributed by atoms with Gasteiger partial charge in [0.05, 0.1) is 10.8 Å². The van der Waals surface area contributed by atoms with Gasteiger partial charge in [0.1, 0.15) is 0 Å². The van der Waals surface area contributed by atoms with Crippen LogP contribution >= 0.6 is 0 Å². The van der Waals surface area contributed by atoms with Gasteiger partial charge < -0.3 is 0 Å². The maximum absolute atomic E-state index is 2.52. The average molecular weight is 1850 g/mol. The van der Waals surface area contributed by atoms with Gasteiger partial charge in [-0.25, -0.2) is 0 Å². The Labute approximate surface area is 852 Å². The van der Waals surface area contributed by atoms with Gasteiger partial charge in [-0.1, -0.05) is 556 Å². The predicted octanol–water partition coefficient (Wildman–Crippen LogP) is 43.4. The number of rotatable bonds is 6. The normalized spacial score (nSPS) is 11.1. The second kappa shape index (κ2) is 60.1. The van der Waals surface area contributed by atoms with Crippen molar-refractivity contribution in [1.82, 2.24) is 0 Å². The average Bonchev–Trinajstić information content (AvgIpc) is 1.53. The molecular weight excluding hydrogens is 1680 g/mol. The fourth-order valence-electron chi connectivity index (χ4n) is 19.5. The van der Waals surface area contributed by atoms with Crippen LogP contribution in [0.25, 0.3) is 110 Å². The summed E-state index contributed by atoms with van der Waals surface area (Å²) >= 11 is 0. The zero-order valence-electron chi connectivity index (χ0n) is 93.1. The Kier molecular flexibility index (Phi) is 50.4. The molecular formula is C140H172. The van der Waals surface area contributed by atoms with Crippen molar-refractivity contribution in [3.63, 3.8) is 0 Å². The molecule has 0 aromatic heterocycles. The highest BCUT2D eigenvalue weighted by Gasteiger charge is 2.49. The van der Waals surface area contributed by atoms with Gasteiger partial charge >= 0.3 is 0 Å². The standard InChI is InChI=1S/2C34H26.2C22H18.14C2H6/c1-22-9-7-12-26(17-22)34(27-13-8-10-23(2)18-27)32-16-6-5-15-29(32)31-20-25-19-24-11-3-4-14-28(24)30(25)21-33(31)34;1-22-11-15-26(16-12-22)34(27-17-13-23(2)14-18-27)32-10-6-5-9-29(32)31-20-25-19-24-7-3-4-8-28(24)30(25)21-33(31)34;1-15-11-17-7-3-5-9-19(17)21(13-15)22-14-16(2)12-18-8-4-6-10-20(18)22;1-15-11-13-17-7-3-5-9-19(17)21(15)22-16(2)12-14-18-8-4-6-10-20(18)22;14*1-2/h2*3-18,20-21H,19H2,1-2H3;2*3-14H,1-2H3;14*1-2H3. The SMILES string of the molecule is CC.CC.CC.CC.CC.CC.CC.CC.CC.CC.CC.CC.CC.CC.Cc1cc(-c2cc(C)cc3ccccc23)c2ccccc2c1.Cc1ccc(C2(c3ccc(C)cc3)c3ccccc3-c3cc4c(cc32)-c2ccccc2C4)cc1.Cc1ccc2ccccc2c1-c1c(C)ccc2ccccc12.Cc1cccc(C2(c3cccc(C)c3)c3ccccc3-c3cc4c(cc32)-c2ccccc2C4)c1. The topological polar surface area (TPSA) is 0 Å². The van der Waals surface area contributed by atoms with Crippen LogP contribution < -0.4 is 0 Å². The fraction of sp³-hybridized carbons (Fsp3) is 0.286. The first-order valence-corrected chi connectivity index (χ1v) is 53.8. The van der Waals surface area contributed by atoms with E-state index >= 15 is 0 Å². The predicted molar refractivity (Wildman–Crippen MR) is 635 cm³/mol. The third-order valence-electron chi connectivity index (χ3n) is 24.6. The van der Waals surface area contributed by atoms with Crippen molar-refractivity contribution in [2.24, 2.45) is 0 Å². The number of benzene rings is 18. The Bertz CT molecular complexity index is 6510. The molecule has 0 fully saturated rings. The van der Waals surface area contributed by atoms with E-state index in [9.17, 15) is 0 Å². The van der Waals surface area contributed by atoms with Gasteiger partial charge in [0.2, 0.25) is 0 Å². The van der Waals surface area contributed by atoms with Crippen LogP contribution in [0.3, 0.4) is 0 Å². The van der Waals surface area contributed by atoms with Crippen LogP contribution in [0.2, 0.25) is 0 Å². The lowest BCUT2D eigenvalue weighted by Crippen LogP contribution is -2.29. The molecule has 140 heavy (non-hydrogen) atoms. The number of hydrogen-bond donors (Lipinski definition) is 0. The van der Waals surface area contributed by atoms with Crippen LogP contribution in [0.1, 0.15) is 305 Å². The van der Waals surface area contributed by atoms with Gasteiger partial charge in [0.15, 0.2) is 0 Å². The summed E-state index contributed by atoms with van der Waals surface area (Å²) in [5.41, 5.74) is 42.9. The van der Waals surface area contributed by atoms with Crippen molar-refractivity contribution in [2.45, 2.75) is 273 Å². The Balaban J connectivity index is 0.000000307. The largest absolute Gasteiger partial charge is 0.0713 e. The smallest absolute Gasteiger partial charge is 0.0683 e. The Morgan fingerprint density at radius 2 is 0.436 bits per heavy atom. The van der Waals surface area contributed by atoms with Crippen LogP contribution in [0.15, 0.2) is 364 Å². The molecule has 732 valence electrons. The second-order valence-electron chi connectivity index (χ2n) is 31.9. The number of hydrogen-bond acceptors (Lipinski definition) is 0. The quantitative estimate of drug-likeness (QED) is 0.156. The van der Waals surface area contributed by atoms with Crippen molar-refractivity contribution in [3.05, 3.63) is 475 Å². The van der Waals surface area contributed by atoms with E-state index < -0.39 is 0 Å². The van der Waals surface area contributed by atoms with Crippen LogP contribution in [-0.2, 0) is 23.7 Å². The maximum atomic E-state index is 2.52. The highest BCUT2D eigenvalue weighted by Crippen LogP contribution is 2.61. The van der Waals surface area contributed by atoms with Crippen molar-refractivity contribution in [1.29, 1.82) is 0 Å². The summed E-state index contributed by atoms with van der Waals surface area (Å²) in [5.74, 6) is 0. The molecule has 0 heteroatoms. The van der Waals surface area contributed by atoms with E-state index in [0.717, 1.165) is 12.8 Å². The van der Waals surface area contributed by atoms with Crippen LogP contribution in [0, 0.1) is 55.4 Å². The molecule has 0 unspecified atom stereocenters. The first kappa shape index (κ1) is 117. The first-order chi connectivity index (χ1) is 68.8. The van der Waals surface area contributed by atoms with Gasteiger partial charge in [-0.3, -0.25) is 0 Å². The summed E-state index contributed by atoms with van der Waals surface area (Å²) in [5, 5.41) is 10.5. The summed E-state index contributed by atoms with van der Waals surface area (Å²) in [7, 11) is 0. The zero-order valence-corrected chi connectivity index (χ0v) is 93.1. The molecule has 0 bridgehead atoms. The van der Waals surface area contributed by atoms with E-state index in [1.807, 2.05) is 194 Å². The molecule has 18 aromatic carbocycles. The van der Waals surface area contributed by atoms with E-state index in [0.29, 0.717) is 0 Å². The lowest BCUT2D eigenvalue weighted by molar-refractivity contribution is 0.766. The van der Waals surface area contributed by atoms with Crippen LogP contribution in [-0.4, -0.2) is 0 Å². The lowest BCUT2D eigenvalue weighted by atomic mass is 9.67. The number of fused-ring (bicyclic) bond motifs is 16. The minimum absolute atomic E-state index is 0.333. The monoisotopic (exact) mass is 1850 g/mol. The van der Waals surface area contributed by atoms with E-state index in [1.54, 1.807) is 0 Å². The highest BCUT2D eigenvalue weighted by molar-refractivity contribution is 6.09. The zero-order chi connectivity index (χ0) is 104. The third-order valence-corrected chi connectivity index (χ3v) is 24.6. The second-order valence-corrected chi connectivity index (χ2v) is 31.9. The van der Waals surface area contributed by atoms with Crippen LogP contribution in [0.4, 0.5) is 0 Å². The molecule has 22 rings (SSSR count). The van der Waals surface area contributed by atoms with E-state index in [2.05, 4.69) is 419 Å². The molecule has 0 N–H and O–H groups in total. The summed E-state index contributed by atoms with van der Waals surface area (Å²) in [4.78, 5) is 0. The summed E-state index contributed by atoms with van der Waals surface area (Å²) in [6.45, 7) is 73.5. The fourth-order valence-corrected chi connectivity index (χ4v) is 19.5. The number of aryl methyl sites for hydroxylation is 8. The molecule has 4 aliphatic carbocycles. The van der Waals surface area contributed by atoms with E-state index in [-0.39, 0.29) is 10.8 Å². The first-order valence-electron chi connectivity index (χ1n) is 53.8. The van der Waals surface area contributed by atoms with Crippen molar-refractivity contribution >= 4 is 43.1 Å². The molecule has 0 atom stereocenters. The third kappa shape index (κ3) is 25.0. The van der Waals surface area contributed by atoms with Crippen LogP contribution in [0.5, 0.6) is 0 Å². The van der Waals surface area contributed by atoms with Gasteiger partial charge in [0, 0.05) is 0 Å². The van der Waals surface area contributed by atoms with Crippen molar-refractivity contribution < 1.29 is 0 Å². The van der Waals surface area contributed by atoms with Crippen molar-refractivity contribution in [2.75, 3.05) is 0 Å². The molecule has 0 radical (unpaired) electrons. The maximum Gasteiger partial charge on any atom is 0.0713 e. The van der Waals surface area contributed by atoms with Gasteiger partial charge in [0.25, 0.3) is 0 Å². The molecule has 0 aliphatic heterocycles. The Morgan fingerprint density at radius 1 is 0.150 bits per heavy atom. The summed E-state index contributed by atoms with van der Waals surface area (Å²) < 4.78 is 0. The lowest BCUT2D eigenvalue weighted by Gasteiger charge is -2.34. The molecule has 18 aromatic rings. The summed E-state index contributed by atoms with van der Waals surface area (Å²) in [6.07, 6.45) is 2.03. The van der Waals surface area contributed by atoms with E-state index in [4.69, 9.17) is 0 Å². The van der Waals surface area contributed by atoms with Gasteiger partial charge in [-0.15, -0.1) is 0 Å². The molecule has 0 nitrogen and oxygen atoms in total. The molecule has 0 saturated heterocycles. The molecule has 4 aliphatic rings. The van der Waals surface area contributed by atoms with Gasteiger partial charge in [-0.2, -0.15) is 0 Å². The minimum atomic E-state index is -0.337. The summed E-state index contributed by atoms with van der Waals surface area (Å²) in [6, 6.07) is 135. The minimum Gasteiger partial charge on any atom is -0.0683 e. The molecule has 0 heterocycles. The highest BCUT2D eigenvalue weighted by atomic mass is 14.5.